The van der Waals surface area contributed by atoms with Crippen LogP contribution in [0.5, 0.6) is 0 Å². The van der Waals surface area contributed by atoms with Crippen LogP contribution in [-0.4, -0.2) is 21.4 Å². The molecule has 1 N–H and O–H groups in total. The summed E-state index contributed by atoms with van der Waals surface area (Å²) in [5.74, 6) is -2.77. The molecule has 36 heavy (non-hydrogen) atoms. The fraction of sp³-hybridized carbons (Fsp3) is 0.0345. The fourth-order valence-electron chi connectivity index (χ4n) is 3.82. The first kappa shape index (κ1) is 23.5. The van der Waals surface area contributed by atoms with Crippen molar-refractivity contribution in [2.45, 2.75) is 10.7 Å². The predicted molar refractivity (Wildman–Crippen MR) is 141 cm³/mol. The Labute approximate surface area is 211 Å². The van der Waals surface area contributed by atoms with Gasteiger partial charge in [0.25, 0.3) is 11.7 Å². The number of rotatable bonds is 7. The van der Waals surface area contributed by atoms with Gasteiger partial charge in [-0.15, -0.1) is 0 Å². The summed E-state index contributed by atoms with van der Waals surface area (Å²) in [5, 5.41) is 7.66. The van der Waals surface area contributed by atoms with Gasteiger partial charge in [-0.1, -0.05) is 72.4 Å². The minimum atomic E-state index is -2.48. The standard InChI is InChI=1S/C29H21F2N3OS/c30-29(31)36-25-17-13-23(14-18-25)32-28(35)22-11-15-24(16-12-22)34-27(21-9-5-2-6-10-21)19-26(33-34)20-7-3-1-4-8-20/h1-19,29H,(H,32,35). The van der Waals surface area contributed by atoms with Crippen molar-refractivity contribution in [2.75, 3.05) is 5.32 Å². The number of nitrogens with one attached hydrogen (secondary N) is 1. The van der Waals surface area contributed by atoms with Crippen LogP contribution in [0, 0.1) is 0 Å². The molecule has 1 amide bonds. The highest BCUT2D eigenvalue weighted by Gasteiger charge is 2.14. The first-order valence-corrected chi connectivity index (χ1v) is 12.1. The summed E-state index contributed by atoms with van der Waals surface area (Å²) in [6.07, 6.45) is 0. The molecule has 0 spiro atoms. The van der Waals surface area contributed by atoms with Gasteiger partial charge in [-0.3, -0.25) is 4.79 Å². The summed E-state index contributed by atoms with van der Waals surface area (Å²) >= 11 is 0.467. The number of aromatic nitrogens is 2. The number of anilines is 1. The summed E-state index contributed by atoms with van der Waals surface area (Å²) in [6.45, 7) is 0. The third-order valence-corrected chi connectivity index (χ3v) is 6.28. The molecule has 178 valence electrons. The number of halogens is 2. The smallest absolute Gasteiger partial charge is 0.288 e. The molecule has 0 fully saturated rings. The molecule has 4 nitrogen and oxygen atoms in total. The lowest BCUT2D eigenvalue weighted by molar-refractivity contribution is 0.102. The molecule has 0 saturated heterocycles. The number of hydrogen-bond acceptors (Lipinski definition) is 3. The number of alkyl halides is 2. The molecular formula is C29H21F2N3OS. The van der Waals surface area contributed by atoms with Crippen molar-refractivity contribution in [1.82, 2.24) is 9.78 Å². The van der Waals surface area contributed by atoms with Gasteiger partial charge >= 0.3 is 0 Å². The molecule has 0 aliphatic rings. The summed E-state index contributed by atoms with van der Waals surface area (Å²) in [4.78, 5) is 13.2. The quantitative estimate of drug-likeness (QED) is 0.234. The first-order valence-electron chi connectivity index (χ1n) is 11.2. The minimum Gasteiger partial charge on any atom is -0.322 e. The van der Waals surface area contributed by atoms with Gasteiger partial charge in [0.1, 0.15) is 0 Å². The molecule has 4 aromatic carbocycles. The number of amides is 1. The molecule has 0 atom stereocenters. The van der Waals surface area contributed by atoms with E-state index in [4.69, 9.17) is 5.10 Å². The van der Waals surface area contributed by atoms with E-state index in [0.29, 0.717) is 27.9 Å². The molecule has 0 aliphatic heterocycles. The Morgan fingerprint density at radius 1 is 0.778 bits per heavy atom. The van der Waals surface area contributed by atoms with Crippen LogP contribution < -0.4 is 5.32 Å². The van der Waals surface area contributed by atoms with E-state index in [1.54, 1.807) is 36.4 Å². The van der Waals surface area contributed by atoms with Crippen molar-refractivity contribution in [1.29, 1.82) is 0 Å². The third-order valence-electron chi connectivity index (χ3n) is 5.56. The second-order valence-electron chi connectivity index (χ2n) is 7.96. The highest BCUT2D eigenvalue weighted by Crippen LogP contribution is 2.29. The molecule has 5 aromatic rings. The van der Waals surface area contributed by atoms with Gasteiger partial charge in [0.2, 0.25) is 0 Å². The highest BCUT2D eigenvalue weighted by molar-refractivity contribution is 7.99. The SMILES string of the molecule is O=C(Nc1ccc(SC(F)F)cc1)c1ccc(-n2nc(-c3ccccc3)cc2-c2ccccc2)cc1. The van der Waals surface area contributed by atoms with E-state index in [2.05, 4.69) is 11.4 Å². The maximum Gasteiger partial charge on any atom is 0.288 e. The van der Waals surface area contributed by atoms with Crippen LogP contribution in [0.4, 0.5) is 14.5 Å². The molecule has 7 heteroatoms. The van der Waals surface area contributed by atoms with E-state index in [0.717, 1.165) is 28.2 Å². The topological polar surface area (TPSA) is 46.9 Å². The van der Waals surface area contributed by atoms with Crippen molar-refractivity contribution in [3.63, 3.8) is 0 Å². The largest absolute Gasteiger partial charge is 0.322 e. The summed E-state index contributed by atoms with van der Waals surface area (Å²) in [6, 6.07) is 35.6. The van der Waals surface area contributed by atoms with Gasteiger partial charge in [0, 0.05) is 27.3 Å². The highest BCUT2D eigenvalue weighted by atomic mass is 32.2. The van der Waals surface area contributed by atoms with E-state index in [1.165, 1.54) is 0 Å². The molecule has 0 bridgehead atoms. The lowest BCUT2D eigenvalue weighted by Gasteiger charge is -2.10. The lowest BCUT2D eigenvalue weighted by Crippen LogP contribution is -2.12. The third kappa shape index (κ3) is 5.37. The molecule has 0 unspecified atom stereocenters. The number of carbonyl (C=O) groups is 1. The Kier molecular flexibility index (Phi) is 6.91. The summed E-state index contributed by atoms with van der Waals surface area (Å²) < 4.78 is 26.9. The Bertz CT molecular complexity index is 1450. The van der Waals surface area contributed by atoms with Crippen LogP contribution >= 0.6 is 11.8 Å². The number of nitrogens with zero attached hydrogens (tertiary/aromatic N) is 2. The molecule has 5 rings (SSSR count). The fourth-order valence-corrected chi connectivity index (χ4v) is 4.32. The zero-order chi connectivity index (χ0) is 24.9. The Morgan fingerprint density at radius 3 is 2.00 bits per heavy atom. The molecular weight excluding hydrogens is 476 g/mol. The number of carbonyl (C=O) groups excluding carboxylic acids is 1. The van der Waals surface area contributed by atoms with Crippen LogP contribution in [-0.2, 0) is 0 Å². The second kappa shape index (κ2) is 10.6. The lowest BCUT2D eigenvalue weighted by atomic mass is 10.1. The van der Waals surface area contributed by atoms with Gasteiger partial charge in [0.05, 0.1) is 17.1 Å². The Hall–Kier alpha value is -4.23. The maximum absolute atomic E-state index is 12.7. The molecule has 0 radical (unpaired) electrons. The number of hydrogen-bond donors (Lipinski definition) is 1. The van der Waals surface area contributed by atoms with Gasteiger partial charge in [0.15, 0.2) is 0 Å². The van der Waals surface area contributed by atoms with Crippen molar-refractivity contribution in [3.8, 4) is 28.2 Å². The van der Waals surface area contributed by atoms with Crippen molar-refractivity contribution in [2.24, 2.45) is 0 Å². The molecule has 1 aromatic heterocycles. The Morgan fingerprint density at radius 2 is 1.39 bits per heavy atom. The van der Waals surface area contributed by atoms with Crippen LogP contribution in [0.15, 0.2) is 120 Å². The van der Waals surface area contributed by atoms with Crippen molar-refractivity contribution >= 4 is 23.4 Å². The van der Waals surface area contributed by atoms with Crippen LogP contribution in [0.2, 0.25) is 0 Å². The number of thioether (sulfide) groups is 1. The van der Waals surface area contributed by atoms with E-state index >= 15 is 0 Å². The van der Waals surface area contributed by atoms with Crippen LogP contribution in [0.3, 0.4) is 0 Å². The molecule has 1 heterocycles. The zero-order valence-corrected chi connectivity index (χ0v) is 19.8. The minimum absolute atomic E-state index is 0.287. The van der Waals surface area contributed by atoms with Crippen molar-refractivity contribution < 1.29 is 13.6 Å². The molecule has 0 aliphatic carbocycles. The average Bonchev–Trinajstić information content (AvgIpc) is 3.36. The zero-order valence-electron chi connectivity index (χ0n) is 19.0. The molecule has 0 saturated carbocycles. The van der Waals surface area contributed by atoms with Gasteiger partial charge in [-0.2, -0.15) is 13.9 Å². The predicted octanol–water partition coefficient (Wildman–Crippen LogP) is 7.77. The summed E-state index contributed by atoms with van der Waals surface area (Å²) in [7, 11) is 0. The van der Waals surface area contributed by atoms with Gasteiger partial charge < -0.3 is 5.32 Å². The maximum atomic E-state index is 12.7. The van der Waals surface area contributed by atoms with Gasteiger partial charge in [-0.05, 0) is 54.6 Å². The van der Waals surface area contributed by atoms with Crippen LogP contribution in [0.25, 0.3) is 28.2 Å². The van der Waals surface area contributed by atoms with E-state index in [1.807, 2.05) is 77.5 Å². The monoisotopic (exact) mass is 497 g/mol. The normalized spacial score (nSPS) is 11.0. The number of benzene rings is 4. The summed E-state index contributed by atoms with van der Waals surface area (Å²) in [5.41, 5.74) is 5.67. The van der Waals surface area contributed by atoms with Crippen molar-refractivity contribution in [3.05, 3.63) is 121 Å². The first-order chi connectivity index (χ1) is 17.6. The van der Waals surface area contributed by atoms with Crippen LogP contribution in [0.1, 0.15) is 10.4 Å². The van der Waals surface area contributed by atoms with E-state index in [-0.39, 0.29) is 5.91 Å². The van der Waals surface area contributed by atoms with Gasteiger partial charge in [-0.25, -0.2) is 4.68 Å². The average molecular weight is 498 g/mol. The Balaban J connectivity index is 1.40. The van der Waals surface area contributed by atoms with E-state index < -0.39 is 5.76 Å². The van der Waals surface area contributed by atoms with E-state index in [9.17, 15) is 13.6 Å². The second-order valence-corrected chi connectivity index (χ2v) is 9.03.